The Morgan fingerprint density at radius 2 is 2.07 bits per heavy atom. The summed E-state index contributed by atoms with van der Waals surface area (Å²) < 4.78 is 25.3. The molecular formula is C19H23N3O5S2. The summed E-state index contributed by atoms with van der Waals surface area (Å²) in [6.07, 6.45) is 2.22. The molecule has 2 aromatic rings. The zero-order chi connectivity index (χ0) is 21.0. The van der Waals surface area contributed by atoms with E-state index >= 15 is 0 Å². The molecule has 1 atom stereocenters. The Hall–Kier alpha value is -2.43. The van der Waals surface area contributed by atoms with Crippen LogP contribution in [-0.4, -0.2) is 44.7 Å². The number of fused-ring (bicyclic) bond motifs is 1. The van der Waals surface area contributed by atoms with Gasteiger partial charge in [-0.2, -0.15) is 0 Å². The minimum atomic E-state index is -3.42. The van der Waals surface area contributed by atoms with Gasteiger partial charge in [0.2, 0.25) is 10.0 Å². The molecule has 0 radical (unpaired) electrons. The molecule has 8 nitrogen and oxygen atoms in total. The Morgan fingerprint density at radius 3 is 2.76 bits per heavy atom. The number of sulfonamides is 1. The van der Waals surface area contributed by atoms with Gasteiger partial charge in [0.05, 0.1) is 18.0 Å². The maximum atomic E-state index is 12.1. The maximum Gasteiger partial charge on any atom is 0.313 e. The van der Waals surface area contributed by atoms with Crippen LogP contribution < -0.4 is 14.9 Å². The highest BCUT2D eigenvalue weighted by molar-refractivity contribution is 7.92. The second-order valence-corrected chi connectivity index (χ2v) is 9.70. The third-order valence-corrected chi connectivity index (χ3v) is 6.75. The number of hydrogen-bond donors (Lipinski definition) is 3. The van der Waals surface area contributed by atoms with Crippen molar-refractivity contribution >= 4 is 44.5 Å². The fraction of sp³-hybridized carbons (Fsp3) is 0.368. The molecule has 0 saturated carbocycles. The zero-order valence-electron chi connectivity index (χ0n) is 15.9. The average Bonchev–Trinajstić information content (AvgIpc) is 3.21. The summed E-state index contributed by atoms with van der Waals surface area (Å²) in [6.45, 7) is 0.535. The number of hydrogen-bond acceptors (Lipinski definition) is 6. The molecule has 1 aliphatic rings. The minimum Gasteiger partial charge on any atom is -0.388 e. The van der Waals surface area contributed by atoms with Gasteiger partial charge in [0.25, 0.3) is 0 Å². The van der Waals surface area contributed by atoms with Crippen LogP contribution in [0, 0.1) is 0 Å². The van der Waals surface area contributed by atoms with Crippen molar-refractivity contribution < 1.29 is 23.1 Å². The smallest absolute Gasteiger partial charge is 0.313 e. The number of aliphatic hydroxyl groups excluding tert-OH is 1. The topological polar surface area (TPSA) is 116 Å². The van der Waals surface area contributed by atoms with Crippen molar-refractivity contribution in [1.82, 2.24) is 5.32 Å². The Labute approximate surface area is 173 Å². The number of thiophene rings is 1. The first kappa shape index (κ1) is 21.3. The van der Waals surface area contributed by atoms with E-state index in [2.05, 4.69) is 10.6 Å². The predicted octanol–water partition coefficient (Wildman–Crippen LogP) is 1.64. The van der Waals surface area contributed by atoms with Crippen LogP contribution >= 0.6 is 11.3 Å². The number of nitrogens with one attached hydrogen (secondary N) is 2. The summed E-state index contributed by atoms with van der Waals surface area (Å²) >= 11 is 1.42. The molecular weight excluding hydrogens is 414 g/mol. The standard InChI is InChI=1S/C19H23N3O5S2/c1-29(26,27)22-10-2-4-13-6-7-14(12-15(13)22)21-19(25)18(24)20-9-8-16(23)17-5-3-11-28-17/h3,5-7,11-12,16,23H,2,4,8-10H2,1H3,(H,20,24)(H,21,25)/t16-/m0/s1. The van der Waals surface area contributed by atoms with Gasteiger partial charge in [-0.1, -0.05) is 12.1 Å². The van der Waals surface area contributed by atoms with E-state index in [-0.39, 0.29) is 6.54 Å². The molecule has 1 aromatic heterocycles. The number of carbonyl (C=O) groups is 2. The van der Waals surface area contributed by atoms with E-state index in [1.165, 1.54) is 15.6 Å². The summed E-state index contributed by atoms with van der Waals surface area (Å²) in [6, 6.07) is 8.62. The number of amides is 2. The molecule has 0 fully saturated rings. The van der Waals surface area contributed by atoms with Crippen LogP contribution in [0.5, 0.6) is 0 Å². The number of carbonyl (C=O) groups excluding carboxylic acids is 2. The van der Waals surface area contributed by atoms with Crippen molar-refractivity contribution in [2.45, 2.75) is 25.4 Å². The van der Waals surface area contributed by atoms with Crippen LogP contribution in [0.1, 0.15) is 29.4 Å². The van der Waals surface area contributed by atoms with Gasteiger partial charge in [-0.25, -0.2) is 8.42 Å². The highest BCUT2D eigenvalue weighted by Gasteiger charge is 2.25. The van der Waals surface area contributed by atoms with Crippen LogP contribution in [0.3, 0.4) is 0 Å². The lowest BCUT2D eigenvalue weighted by Crippen LogP contribution is -2.37. The number of aryl methyl sites for hydroxylation is 1. The molecule has 0 aliphatic carbocycles. The molecule has 29 heavy (non-hydrogen) atoms. The molecule has 1 aromatic carbocycles. The molecule has 2 amide bonds. The van der Waals surface area contributed by atoms with Gasteiger partial charge in [-0.3, -0.25) is 13.9 Å². The molecule has 3 N–H and O–H groups in total. The van der Waals surface area contributed by atoms with Crippen molar-refractivity contribution in [3.8, 4) is 0 Å². The van der Waals surface area contributed by atoms with E-state index in [1.807, 2.05) is 11.4 Å². The van der Waals surface area contributed by atoms with Crippen molar-refractivity contribution in [2.24, 2.45) is 0 Å². The first-order chi connectivity index (χ1) is 13.8. The van der Waals surface area contributed by atoms with Crippen LogP contribution in [-0.2, 0) is 26.0 Å². The van der Waals surface area contributed by atoms with Crippen molar-refractivity contribution in [3.63, 3.8) is 0 Å². The Bertz CT molecular complexity index is 989. The molecule has 3 rings (SSSR count). The molecule has 156 valence electrons. The monoisotopic (exact) mass is 437 g/mol. The third kappa shape index (κ3) is 5.34. The highest BCUT2D eigenvalue weighted by Crippen LogP contribution is 2.31. The van der Waals surface area contributed by atoms with E-state index in [9.17, 15) is 23.1 Å². The molecule has 2 heterocycles. The number of nitrogens with zero attached hydrogens (tertiary/aromatic N) is 1. The average molecular weight is 438 g/mol. The normalized spacial score (nSPS) is 14.8. The largest absolute Gasteiger partial charge is 0.388 e. The van der Waals surface area contributed by atoms with Crippen LogP contribution in [0.15, 0.2) is 35.7 Å². The van der Waals surface area contributed by atoms with Gasteiger partial charge in [0.1, 0.15) is 0 Å². The summed E-state index contributed by atoms with van der Waals surface area (Å²) in [7, 11) is -3.42. The maximum absolute atomic E-state index is 12.1. The van der Waals surface area contributed by atoms with E-state index < -0.39 is 27.9 Å². The summed E-state index contributed by atoms with van der Waals surface area (Å²) in [5, 5.41) is 16.8. The van der Waals surface area contributed by atoms with Crippen LogP contribution in [0.25, 0.3) is 0 Å². The minimum absolute atomic E-state index is 0.150. The van der Waals surface area contributed by atoms with Gasteiger partial charge in [0, 0.05) is 23.7 Å². The van der Waals surface area contributed by atoms with E-state index in [0.717, 1.165) is 29.5 Å². The SMILES string of the molecule is CS(=O)(=O)N1CCCc2ccc(NC(=O)C(=O)NCC[C@H](O)c3cccs3)cc21. The van der Waals surface area contributed by atoms with Gasteiger partial charge < -0.3 is 15.7 Å². The number of rotatable bonds is 6. The fourth-order valence-corrected chi connectivity index (χ4v) is 4.91. The summed E-state index contributed by atoms with van der Waals surface area (Å²) in [5.74, 6) is -1.67. The molecule has 0 spiro atoms. The van der Waals surface area contributed by atoms with Gasteiger partial charge in [-0.05, 0) is 48.4 Å². The Balaban J connectivity index is 1.58. The fourth-order valence-electron chi connectivity index (χ4n) is 3.18. The second kappa shape index (κ2) is 8.93. The van der Waals surface area contributed by atoms with Crippen molar-refractivity contribution in [1.29, 1.82) is 0 Å². The number of aliphatic hydroxyl groups is 1. The lowest BCUT2D eigenvalue weighted by atomic mass is 10.0. The van der Waals surface area contributed by atoms with Crippen LogP contribution in [0.4, 0.5) is 11.4 Å². The van der Waals surface area contributed by atoms with Gasteiger partial charge in [0.15, 0.2) is 0 Å². The molecule has 10 heteroatoms. The molecule has 0 saturated heterocycles. The second-order valence-electron chi connectivity index (χ2n) is 6.81. The molecule has 1 aliphatic heterocycles. The van der Waals surface area contributed by atoms with Crippen LogP contribution in [0.2, 0.25) is 0 Å². The lowest BCUT2D eigenvalue weighted by molar-refractivity contribution is -0.136. The van der Waals surface area contributed by atoms with Gasteiger partial charge >= 0.3 is 11.8 Å². The van der Waals surface area contributed by atoms with E-state index in [0.29, 0.717) is 24.3 Å². The van der Waals surface area contributed by atoms with Crippen molar-refractivity contribution in [3.05, 3.63) is 46.2 Å². The first-order valence-electron chi connectivity index (χ1n) is 9.17. The third-order valence-electron chi connectivity index (χ3n) is 4.60. The van der Waals surface area contributed by atoms with E-state index in [1.54, 1.807) is 24.3 Å². The lowest BCUT2D eigenvalue weighted by Gasteiger charge is -2.29. The van der Waals surface area contributed by atoms with Crippen molar-refractivity contribution in [2.75, 3.05) is 29.0 Å². The Kier molecular flexibility index (Phi) is 6.56. The van der Waals surface area contributed by atoms with Gasteiger partial charge in [-0.15, -0.1) is 11.3 Å². The van der Waals surface area contributed by atoms with E-state index in [4.69, 9.17) is 0 Å². The molecule has 0 bridgehead atoms. The predicted molar refractivity (Wildman–Crippen MR) is 112 cm³/mol. The summed E-state index contributed by atoms with van der Waals surface area (Å²) in [4.78, 5) is 25.0. The zero-order valence-corrected chi connectivity index (χ0v) is 17.6. The highest BCUT2D eigenvalue weighted by atomic mass is 32.2. The molecule has 0 unspecified atom stereocenters. The summed E-state index contributed by atoms with van der Waals surface area (Å²) in [5.41, 5.74) is 1.75. The Morgan fingerprint density at radius 1 is 1.28 bits per heavy atom. The number of anilines is 2. The quantitative estimate of drug-likeness (QED) is 0.594. The number of benzene rings is 1. The first-order valence-corrected chi connectivity index (χ1v) is 11.9.